The summed E-state index contributed by atoms with van der Waals surface area (Å²) >= 11 is 1.49. The number of amides is 1. The van der Waals surface area contributed by atoms with Gasteiger partial charge in [0, 0.05) is 24.1 Å². The molecule has 1 aromatic heterocycles. The second kappa shape index (κ2) is 8.21. The number of carbonyl (C=O) groups excluding carboxylic acids is 1. The third-order valence-electron chi connectivity index (χ3n) is 7.02. The van der Waals surface area contributed by atoms with E-state index in [1.807, 2.05) is 72.5 Å². The molecule has 2 aromatic carbocycles. The molecule has 2 fully saturated rings. The zero-order chi connectivity index (χ0) is 21.4. The molecule has 2 aliphatic rings. The lowest BCUT2D eigenvalue weighted by Gasteiger charge is -2.52. The molecular formula is C26H28N2O2S. The van der Waals surface area contributed by atoms with E-state index >= 15 is 0 Å². The molecule has 4 nitrogen and oxygen atoms in total. The smallest absolute Gasteiger partial charge is 0.266 e. The van der Waals surface area contributed by atoms with E-state index in [-0.39, 0.29) is 17.9 Å². The summed E-state index contributed by atoms with van der Waals surface area (Å²) in [4.78, 5) is 21.1. The quantitative estimate of drug-likeness (QED) is 0.602. The number of aliphatic hydroxyl groups is 1. The van der Waals surface area contributed by atoms with Crippen LogP contribution in [0, 0.1) is 12.8 Å². The number of thiazole rings is 1. The fraction of sp³-hybridized carbons (Fsp3) is 0.385. The van der Waals surface area contributed by atoms with E-state index in [9.17, 15) is 9.90 Å². The van der Waals surface area contributed by atoms with Crippen LogP contribution in [0.1, 0.15) is 53.0 Å². The Labute approximate surface area is 187 Å². The summed E-state index contributed by atoms with van der Waals surface area (Å²) in [7, 11) is 0. The zero-order valence-corrected chi connectivity index (χ0v) is 18.6. The molecule has 2 heterocycles. The first-order valence-corrected chi connectivity index (χ1v) is 12.0. The summed E-state index contributed by atoms with van der Waals surface area (Å²) < 4.78 is 0. The van der Waals surface area contributed by atoms with Crippen molar-refractivity contribution in [3.8, 4) is 10.6 Å². The minimum Gasteiger partial charge on any atom is -0.385 e. The van der Waals surface area contributed by atoms with Gasteiger partial charge in [0.2, 0.25) is 0 Å². The number of aryl methyl sites for hydroxylation is 1. The highest BCUT2D eigenvalue weighted by molar-refractivity contribution is 7.17. The lowest BCUT2D eigenvalue weighted by Crippen LogP contribution is -2.58. The first kappa shape index (κ1) is 20.4. The van der Waals surface area contributed by atoms with Gasteiger partial charge in [-0.05, 0) is 31.7 Å². The van der Waals surface area contributed by atoms with E-state index in [0.29, 0.717) is 13.0 Å². The molecule has 31 heavy (non-hydrogen) atoms. The van der Waals surface area contributed by atoms with Crippen LogP contribution >= 0.6 is 11.3 Å². The molecular weight excluding hydrogens is 404 g/mol. The van der Waals surface area contributed by atoms with E-state index in [1.165, 1.54) is 11.3 Å². The molecule has 1 amide bonds. The van der Waals surface area contributed by atoms with Crippen LogP contribution in [0.2, 0.25) is 0 Å². The number of nitrogens with zero attached hydrogens (tertiary/aromatic N) is 2. The van der Waals surface area contributed by atoms with Crippen molar-refractivity contribution in [2.45, 2.75) is 50.7 Å². The summed E-state index contributed by atoms with van der Waals surface area (Å²) in [6, 6.07) is 20.1. The second-order valence-electron chi connectivity index (χ2n) is 8.80. The highest BCUT2D eigenvalue weighted by atomic mass is 32.1. The lowest BCUT2D eigenvalue weighted by atomic mass is 9.66. The molecule has 5 rings (SSSR count). The number of carbonyl (C=O) groups is 1. The molecule has 1 saturated heterocycles. The van der Waals surface area contributed by atoms with Crippen molar-refractivity contribution in [1.82, 2.24) is 9.88 Å². The number of fused-ring (bicyclic) bond motifs is 1. The number of hydrogen-bond acceptors (Lipinski definition) is 4. The number of benzene rings is 2. The van der Waals surface area contributed by atoms with Crippen LogP contribution in [-0.4, -0.2) is 33.5 Å². The topological polar surface area (TPSA) is 53.4 Å². The minimum absolute atomic E-state index is 0.0712. The van der Waals surface area contributed by atoms with Gasteiger partial charge in [-0.2, -0.15) is 0 Å². The number of likely N-dealkylation sites (tertiary alicyclic amines) is 1. The van der Waals surface area contributed by atoms with Crippen molar-refractivity contribution < 1.29 is 9.90 Å². The normalized spacial score (nSPS) is 25.8. The predicted octanol–water partition coefficient (Wildman–Crippen LogP) is 5.41. The fourth-order valence-corrected chi connectivity index (χ4v) is 6.48. The number of hydrogen-bond donors (Lipinski definition) is 1. The third kappa shape index (κ3) is 3.60. The van der Waals surface area contributed by atoms with Crippen LogP contribution in [0.3, 0.4) is 0 Å². The molecule has 1 saturated carbocycles. The summed E-state index contributed by atoms with van der Waals surface area (Å²) in [5, 5.41) is 12.7. The Kier molecular flexibility index (Phi) is 5.40. The highest BCUT2D eigenvalue weighted by Crippen LogP contribution is 2.47. The number of rotatable bonds is 3. The standard InChI is InChI=1S/C26H28N2O2S/c1-18-23(31-24(27-18)19-10-4-2-5-11-19)25(29)28-17-16-26(30,20-12-6-3-7-13-20)21-14-8-9-15-22(21)28/h2-7,10-13,21-22,30H,8-9,14-17H2,1H3/t21-,22+,26?/m0/s1. The van der Waals surface area contributed by atoms with Crippen LogP contribution < -0.4 is 0 Å². The molecule has 0 spiro atoms. The summed E-state index contributed by atoms with van der Waals surface area (Å²) in [6.07, 6.45) is 4.70. The molecule has 1 aliphatic heterocycles. The average Bonchev–Trinajstić information content (AvgIpc) is 3.22. The van der Waals surface area contributed by atoms with Gasteiger partial charge in [-0.25, -0.2) is 4.98 Å². The molecule has 5 heteroatoms. The molecule has 1 aliphatic carbocycles. The van der Waals surface area contributed by atoms with E-state index in [4.69, 9.17) is 4.98 Å². The number of piperidine rings is 1. The van der Waals surface area contributed by atoms with Crippen LogP contribution in [0.4, 0.5) is 0 Å². The molecule has 160 valence electrons. The van der Waals surface area contributed by atoms with E-state index in [1.54, 1.807) is 0 Å². The van der Waals surface area contributed by atoms with Gasteiger partial charge >= 0.3 is 0 Å². The molecule has 0 radical (unpaired) electrons. The fourth-order valence-electron chi connectivity index (χ4n) is 5.45. The maximum Gasteiger partial charge on any atom is 0.266 e. The zero-order valence-electron chi connectivity index (χ0n) is 17.8. The Morgan fingerprint density at radius 3 is 2.48 bits per heavy atom. The molecule has 3 aromatic rings. The molecule has 1 unspecified atom stereocenters. The van der Waals surface area contributed by atoms with Gasteiger partial charge in [-0.1, -0.05) is 73.5 Å². The van der Waals surface area contributed by atoms with Gasteiger partial charge in [0.25, 0.3) is 5.91 Å². The van der Waals surface area contributed by atoms with Crippen molar-refractivity contribution in [1.29, 1.82) is 0 Å². The molecule has 3 atom stereocenters. The molecule has 0 bridgehead atoms. The van der Waals surface area contributed by atoms with Gasteiger partial charge in [0.05, 0.1) is 11.3 Å². The van der Waals surface area contributed by atoms with Crippen molar-refractivity contribution in [2.75, 3.05) is 6.54 Å². The Hall–Kier alpha value is -2.50. The van der Waals surface area contributed by atoms with Gasteiger partial charge in [0.15, 0.2) is 0 Å². The van der Waals surface area contributed by atoms with E-state index in [0.717, 1.165) is 52.4 Å². The maximum absolute atomic E-state index is 13.7. The van der Waals surface area contributed by atoms with Crippen molar-refractivity contribution in [3.05, 3.63) is 76.8 Å². The summed E-state index contributed by atoms with van der Waals surface area (Å²) in [5.41, 5.74) is 1.97. The highest BCUT2D eigenvalue weighted by Gasteiger charge is 2.50. The number of aromatic nitrogens is 1. The largest absolute Gasteiger partial charge is 0.385 e. The van der Waals surface area contributed by atoms with Gasteiger partial charge in [0.1, 0.15) is 9.88 Å². The second-order valence-corrected chi connectivity index (χ2v) is 9.80. The van der Waals surface area contributed by atoms with Gasteiger partial charge < -0.3 is 10.0 Å². The minimum atomic E-state index is -0.860. The lowest BCUT2D eigenvalue weighted by molar-refractivity contribution is -0.110. The van der Waals surface area contributed by atoms with Gasteiger partial charge in [-0.3, -0.25) is 4.79 Å². The SMILES string of the molecule is Cc1nc(-c2ccccc2)sc1C(=O)N1CCC(O)(c2ccccc2)[C@H]2CCCC[C@H]21. The predicted molar refractivity (Wildman–Crippen MR) is 124 cm³/mol. The summed E-state index contributed by atoms with van der Waals surface area (Å²) in [5.74, 6) is 0.146. The molecule has 1 N–H and O–H groups in total. The Morgan fingerprint density at radius 1 is 1.06 bits per heavy atom. The first-order chi connectivity index (χ1) is 15.1. The average molecular weight is 433 g/mol. The summed E-state index contributed by atoms with van der Waals surface area (Å²) in [6.45, 7) is 2.50. The third-order valence-corrected chi connectivity index (χ3v) is 8.22. The van der Waals surface area contributed by atoms with E-state index < -0.39 is 5.60 Å². The van der Waals surface area contributed by atoms with Gasteiger partial charge in [-0.15, -0.1) is 11.3 Å². The monoisotopic (exact) mass is 432 g/mol. The Balaban J connectivity index is 1.45. The van der Waals surface area contributed by atoms with Crippen LogP contribution in [-0.2, 0) is 5.60 Å². The van der Waals surface area contributed by atoms with Crippen molar-refractivity contribution in [2.24, 2.45) is 5.92 Å². The van der Waals surface area contributed by atoms with Crippen LogP contribution in [0.25, 0.3) is 10.6 Å². The Bertz CT molecular complexity index is 1070. The van der Waals surface area contributed by atoms with Crippen LogP contribution in [0.15, 0.2) is 60.7 Å². The van der Waals surface area contributed by atoms with Crippen LogP contribution in [0.5, 0.6) is 0 Å². The van der Waals surface area contributed by atoms with E-state index in [2.05, 4.69) is 0 Å². The Morgan fingerprint density at radius 2 is 1.74 bits per heavy atom. The first-order valence-electron chi connectivity index (χ1n) is 11.2. The van der Waals surface area contributed by atoms with Crippen molar-refractivity contribution in [3.63, 3.8) is 0 Å². The maximum atomic E-state index is 13.7. The van der Waals surface area contributed by atoms with Crippen molar-refractivity contribution >= 4 is 17.2 Å².